The van der Waals surface area contributed by atoms with E-state index in [-0.39, 0.29) is 17.8 Å². The Bertz CT molecular complexity index is 326. The van der Waals surface area contributed by atoms with Crippen LogP contribution >= 0.6 is 12.4 Å². The van der Waals surface area contributed by atoms with Gasteiger partial charge in [-0.15, -0.1) is 12.4 Å². The van der Waals surface area contributed by atoms with Crippen molar-refractivity contribution < 1.29 is 4.79 Å². The SMILES string of the molecule is CCC1(C(=O)N2CCC(NCC3CC3)CC2)CCC1.Cl. The van der Waals surface area contributed by atoms with Gasteiger partial charge in [0.15, 0.2) is 0 Å². The van der Waals surface area contributed by atoms with Gasteiger partial charge in [-0.1, -0.05) is 13.3 Å². The number of halogens is 1. The number of amides is 1. The summed E-state index contributed by atoms with van der Waals surface area (Å²) < 4.78 is 0. The number of hydrogen-bond donors (Lipinski definition) is 1. The van der Waals surface area contributed by atoms with E-state index >= 15 is 0 Å². The zero-order valence-electron chi connectivity index (χ0n) is 12.7. The lowest BCUT2D eigenvalue weighted by atomic mass is 9.66. The molecule has 1 heterocycles. The summed E-state index contributed by atoms with van der Waals surface area (Å²) in [6.07, 6.45) is 9.68. The molecule has 3 nitrogen and oxygen atoms in total. The second-order valence-corrected chi connectivity index (χ2v) is 6.91. The number of carbonyl (C=O) groups excluding carboxylic acids is 1. The highest BCUT2D eigenvalue weighted by Gasteiger charge is 2.45. The highest BCUT2D eigenvalue weighted by molar-refractivity contribution is 5.85. The molecule has 0 bridgehead atoms. The van der Waals surface area contributed by atoms with E-state index in [1.807, 2.05) is 0 Å². The van der Waals surface area contributed by atoms with Crippen molar-refractivity contribution in [1.29, 1.82) is 0 Å². The Morgan fingerprint density at radius 1 is 1.20 bits per heavy atom. The molecule has 3 rings (SSSR count). The zero-order chi connectivity index (χ0) is 13.3. The van der Waals surface area contributed by atoms with Crippen molar-refractivity contribution in [3.05, 3.63) is 0 Å². The quantitative estimate of drug-likeness (QED) is 0.846. The summed E-state index contributed by atoms with van der Waals surface area (Å²) in [5, 5.41) is 3.69. The van der Waals surface area contributed by atoms with Gasteiger partial charge in [-0.05, 0) is 57.4 Å². The van der Waals surface area contributed by atoms with Gasteiger partial charge in [0, 0.05) is 24.5 Å². The molecule has 0 aromatic heterocycles. The van der Waals surface area contributed by atoms with Gasteiger partial charge >= 0.3 is 0 Å². The Morgan fingerprint density at radius 3 is 2.30 bits per heavy atom. The minimum Gasteiger partial charge on any atom is -0.342 e. The van der Waals surface area contributed by atoms with Crippen LogP contribution in [0.25, 0.3) is 0 Å². The Balaban J connectivity index is 0.00000147. The number of piperidine rings is 1. The van der Waals surface area contributed by atoms with E-state index in [0.29, 0.717) is 11.9 Å². The molecule has 0 aromatic rings. The maximum absolute atomic E-state index is 12.6. The van der Waals surface area contributed by atoms with E-state index in [1.165, 1.54) is 25.8 Å². The Kier molecular flexibility index (Phi) is 5.36. The van der Waals surface area contributed by atoms with Crippen LogP contribution in [0.3, 0.4) is 0 Å². The Labute approximate surface area is 129 Å². The van der Waals surface area contributed by atoms with E-state index in [9.17, 15) is 4.79 Å². The van der Waals surface area contributed by atoms with Gasteiger partial charge < -0.3 is 10.2 Å². The van der Waals surface area contributed by atoms with Gasteiger partial charge in [-0.25, -0.2) is 0 Å². The normalized spacial score (nSPS) is 25.8. The number of rotatable bonds is 5. The van der Waals surface area contributed by atoms with Crippen molar-refractivity contribution in [2.45, 2.75) is 64.3 Å². The maximum atomic E-state index is 12.6. The van der Waals surface area contributed by atoms with Crippen molar-refractivity contribution in [1.82, 2.24) is 10.2 Å². The summed E-state index contributed by atoms with van der Waals surface area (Å²) in [6, 6.07) is 0.656. The third-order valence-electron chi connectivity index (χ3n) is 5.62. The van der Waals surface area contributed by atoms with Crippen molar-refractivity contribution >= 4 is 18.3 Å². The molecule has 0 spiro atoms. The van der Waals surface area contributed by atoms with E-state index in [2.05, 4.69) is 17.1 Å². The lowest BCUT2D eigenvalue weighted by Gasteiger charge is -2.45. The third kappa shape index (κ3) is 3.30. The predicted octanol–water partition coefficient (Wildman–Crippen LogP) is 2.98. The number of likely N-dealkylation sites (tertiary alicyclic amines) is 1. The number of hydrogen-bond acceptors (Lipinski definition) is 2. The highest BCUT2D eigenvalue weighted by Crippen LogP contribution is 2.45. The first-order valence-electron chi connectivity index (χ1n) is 8.26. The molecule has 0 unspecified atom stereocenters. The van der Waals surface area contributed by atoms with Crippen LogP contribution in [0.1, 0.15) is 58.3 Å². The molecule has 4 heteroatoms. The van der Waals surface area contributed by atoms with Crippen LogP contribution in [0.2, 0.25) is 0 Å². The smallest absolute Gasteiger partial charge is 0.228 e. The molecule has 1 amide bonds. The van der Waals surface area contributed by atoms with Crippen LogP contribution < -0.4 is 5.32 Å². The largest absolute Gasteiger partial charge is 0.342 e. The minimum atomic E-state index is 0. The van der Waals surface area contributed by atoms with Crippen molar-refractivity contribution in [2.75, 3.05) is 19.6 Å². The standard InChI is InChI=1S/C16H28N2O.ClH/c1-2-16(8-3-9-16)15(19)18-10-6-14(7-11-18)17-12-13-4-5-13;/h13-14,17H,2-12H2,1H3;1H. The number of nitrogens with zero attached hydrogens (tertiary/aromatic N) is 1. The van der Waals surface area contributed by atoms with Crippen LogP contribution in [0.15, 0.2) is 0 Å². The minimum absolute atomic E-state index is 0. The molecule has 0 radical (unpaired) electrons. The van der Waals surface area contributed by atoms with E-state index in [1.54, 1.807) is 0 Å². The Hall–Kier alpha value is -0.280. The molecule has 1 aliphatic heterocycles. The summed E-state index contributed by atoms with van der Waals surface area (Å²) in [5.41, 5.74) is 0.0360. The molecule has 0 aromatic carbocycles. The number of carbonyl (C=O) groups is 1. The molecule has 2 saturated carbocycles. The Morgan fingerprint density at radius 2 is 1.85 bits per heavy atom. The van der Waals surface area contributed by atoms with E-state index in [0.717, 1.165) is 51.1 Å². The fourth-order valence-corrected chi connectivity index (χ4v) is 3.60. The van der Waals surface area contributed by atoms with E-state index in [4.69, 9.17) is 0 Å². The van der Waals surface area contributed by atoms with Gasteiger partial charge in [0.25, 0.3) is 0 Å². The van der Waals surface area contributed by atoms with Gasteiger partial charge in [0.05, 0.1) is 0 Å². The summed E-state index contributed by atoms with van der Waals surface area (Å²) >= 11 is 0. The molecule has 20 heavy (non-hydrogen) atoms. The molecular formula is C16H29ClN2O. The third-order valence-corrected chi connectivity index (χ3v) is 5.62. The van der Waals surface area contributed by atoms with Crippen molar-refractivity contribution in [3.8, 4) is 0 Å². The zero-order valence-corrected chi connectivity index (χ0v) is 13.5. The fraction of sp³-hybridized carbons (Fsp3) is 0.938. The van der Waals surface area contributed by atoms with Gasteiger partial charge in [0.2, 0.25) is 5.91 Å². The van der Waals surface area contributed by atoms with E-state index < -0.39 is 0 Å². The molecular weight excluding hydrogens is 272 g/mol. The molecule has 0 atom stereocenters. The second kappa shape index (κ2) is 6.65. The molecule has 2 aliphatic carbocycles. The lowest BCUT2D eigenvalue weighted by molar-refractivity contribution is -0.149. The van der Waals surface area contributed by atoms with Crippen LogP contribution in [-0.2, 0) is 4.79 Å². The van der Waals surface area contributed by atoms with Crippen molar-refractivity contribution in [2.24, 2.45) is 11.3 Å². The topological polar surface area (TPSA) is 32.3 Å². The molecule has 1 saturated heterocycles. The fourth-order valence-electron chi connectivity index (χ4n) is 3.60. The maximum Gasteiger partial charge on any atom is 0.228 e. The average Bonchev–Trinajstić information content (AvgIpc) is 3.20. The first-order valence-corrected chi connectivity index (χ1v) is 8.26. The molecule has 116 valence electrons. The summed E-state index contributed by atoms with van der Waals surface area (Å²) in [7, 11) is 0. The molecule has 1 N–H and O–H groups in total. The summed E-state index contributed by atoms with van der Waals surface area (Å²) in [6.45, 7) is 5.34. The van der Waals surface area contributed by atoms with Crippen LogP contribution in [0, 0.1) is 11.3 Å². The molecule has 3 fully saturated rings. The monoisotopic (exact) mass is 300 g/mol. The van der Waals surface area contributed by atoms with Crippen LogP contribution in [0.5, 0.6) is 0 Å². The van der Waals surface area contributed by atoms with Gasteiger partial charge in [0.1, 0.15) is 0 Å². The summed E-state index contributed by atoms with van der Waals surface area (Å²) in [4.78, 5) is 14.8. The van der Waals surface area contributed by atoms with Gasteiger partial charge in [-0.2, -0.15) is 0 Å². The van der Waals surface area contributed by atoms with Crippen LogP contribution in [-0.4, -0.2) is 36.5 Å². The van der Waals surface area contributed by atoms with Crippen LogP contribution in [0.4, 0.5) is 0 Å². The average molecular weight is 301 g/mol. The second-order valence-electron chi connectivity index (χ2n) is 6.91. The van der Waals surface area contributed by atoms with Crippen molar-refractivity contribution in [3.63, 3.8) is 0 Å². The molecule has 3 aliphatic rings. The predicted molar refractivity (Wildman–Crippen MR) is 84.2 cm³/mol. The highest BCUT2D eigenvalue weighted by atomic mass is 35.5. The summed E-state index contributed by atoms with van der Waals surface area (Å²) in [5.74, 6) is 1.42. The van der Waals surface area contributed by atoms with Gasteiger partial charge in [-0.3, -0.25) is 4.79 Å². The lowest BCUT2D eigenvalue weighted by Crippen LogP contribution is -2.52. The number of nitrogens with one attached hydrogen (secondary N) is 1. The first-order chi connectivity index (χ1) is 9.23. The first kappa shape index (κ1) is 16.1.